The van der Waals surface area contributed by atoms with Gasteiger partial charge >= 0.3 is 0 Å². The van der Waals surface area contributed by atoms with Crippen LogP contribution in [0.3, 0.4) is 0 Å². The largest absolute Gasteiger partial charge is 0.392 e. The van der Waals surface area contributed by atoms with Gasteiger partial charge in [0, 0.05) is 19.6 Å². The minimum Gasteiger partial charge on any atom is -0.392 e. The third kappa shape index (κ3) is 4.26. The van der Waals surface area contributed by atoms with Crippen LogP contribution in [0.5, 0.6) is 0 Å². The van der Waals surface area contributed by atoms with Crippen molar-refractivity contribution < 1.29 is 9.50 Å². The van der Waals surface area contributed by atoms with Crippen molar-refractivity contribution in [3.63, 3.8) is 0 Å². The van der Waals surface area contributed by atoms with Gasteiger partial charge in [-0.25, -0.2) is 4.39 Å². The van der Waals surface area contributed by atoms with Gasteiger partial charge in [-0.2, -0.15) is 0 Å². The van der Waals surface area contributed by atoms with Gasteiger partial charge in [-0.05, 0) is 37.2 Å². The second-order valence-electron chi connectivity index (χ2n) is 4.22. The first-order valence-corrected chi connectivity index (χ1v) is 5.36. The number of rotatable bonds is 5. The predicted molar refractivity (Wildman–Crippen MR) is 62.3 cm³/mol. The topological polar surface area (TPSA) is 49.5 Å². The van der Waals surface area contributed by atoms with Gasteiger partial charge in [0.15, 0.2) is 0 Å². The normalized spacial score (nSPS) is 13.1. The molecule has 3 N–H and O–H groups in total. The van der Waals surface area contributed by atoms with Gasteiger partial charge in [0.25, 0.3) is 0 Å². The first kappa shape index (κ1) is 13.1. The molecule has 1 atom stereocenters. The Morgan fingerprint density at radius 3 is 2.56 bits per heavy atom. The summed E-state index contributed by atoms with van der Waals surface area (Å²) in [5.74, 6) is -0.261. The maximum Gasteiger partial charge on any atom is 0.123 e. The Labute approximate surface area is 95.7 Å². The fourth-order valence-electron chi connectivity index (χ4n) is 1.75. The molecule has 1 unspecified atom stereocenters. The van der Waals surface area contributed by atoms with Gasteiger partial charge in [-0.1, -0.05) is 6.07 Å². The number of nitrogens with two attached hydrogens (primary N) is 1. The summed E-state index contributed by atoms with van der Waals surface area (Å²) in [4.78, 5) is 1.94. The van der Waals surface area contributed by atoms with E-state index >= 15 is 0 Å². The maximum atomic E-state index is 13.2. The molecule has 1 aromatic carbocycles. The van der Waals surface area contributed by atoms with Crippen molar-refractivity contribution in [1.29, 1.82) is 0 Å². The molecular formula is C12H19FN2O. The van der Waals surface area contributed by atoms with Crippen LogP contribution < -0.4 is 5.73 Å². The third-order valence-corrected chi connectivity index (χ3v) is 2.28. The predicted octanol–water partition coefficient (Wildman–Crippen LogP) is 1.10. The summed E-state index contributed by atoms with van der Waals surface area (Å²) in [5, 5.41) is 9.22. The molecule has 0 heterocycles. The summed E-state index contributed by atoms with van der Waals surface area (Å²) in [6.45, 7) is 3.24. The zero-order valence-electron chi connectivity index (χ0n) is 9.78. The van der Waals surface area contributed by atoms with E-state index < -0.39 is 0 Å². The molecule has 0 fully saturated rings. The van der Waals surface area contributed by atoms with E-state index in [0.29, 0.717) is 19.6 Å². The molecule has 90 valence electrons. The van der Waals surface area contributed by atoms with Gasteiger partial charge in [0.05, 0.1) is 6.10 Å². The third-order valence-electron chi connectivity index (χ3n) is 2.28. The molecule has 1 aromatic rings. The van der Waals surface area contributed by atoms with Crippen molar-refractivity contribution in [1.82, 2.24) is 4.90 Å². The molecular weight excluding hydrogens is 207 g/mol. The molecule has 3 nitrogen and oxygen atoms in total. The van der Waals surface area contributed by atoms with Crippen LogP contribution in [0.2, 0.25) is 0 Å². The minimum atomic E-state index is -0.382. The lowest BCUT2D eigenvalue weighted by atomic mass is 10.1. The number of aliphatic hydroxyl groups is 1. The van der Waals surface area contributed by atoms with E-state index in [4.69, 9.17) is 5.73 Å². The second-order valence-corrected chi connectivity index (χ2v) is 4.22. The van der Waals surface area contributed by atoms with Crippen molar-refractivity contribution in [3.05, 3.63) is 35.1 Å². The molecule has 1 rings (SSSR count). The number of halogens is 1. The Kier molecular flexibility index (Phi) is 4.86. The van der Waals surface area contributed by atoms with Crippen LogP contribution in [0.15, 0.2) is 18.2 Å². The molecule has 0 saturated carbocycles. The van der Waals surface area contributed by atoms with E-state index in [1.165, 1.54) is 12.1 Å². The van der Waals surface area contributed by atoms with E-state index in [2.05, 4.69) is 0 Å². The van der Waals surface area contributed by atoms with Crippen LogP contribution in [0.4, 0.5) is 4.39 Å². The first-order valence-electron chi connectivity index (χ1n) is 5.36. The van der Waals surface area contributed by atoms with Crippen LogP contribution >= 0.6 is 0 Å². The molecule has 0 aliphatic rings. The summed E-state index contributed by atoms with van der Waals surface area (Å²) in [7, 11) is 1.89. The van der Waals surface area contributed by atoms with Crippen molar-refractivity contribution in [2.24, 2.45) is 5.73 Å². The van der Waals surface area contributed by atoms with Gasteiger partial charge < -0.3 is 10.8 Å². The molecule has 4 heteroatoms. The van der Waals surface area contributed by atoms with Crippen LogP contribution in [0.1, 0.15) is 18.1 Å². The van der Waals surface area contributed by atoms with E-state index in [1.54, 1.807) is 6.92 Å². The lowest BCUT2D eigenvalue weighted by molar-refractivity contribution is 0.138. The van der Waals surface area contributed by atoms with E-state index in [9.17, 15) is 9.50 Å². The summed E-state index contributed by atoms with van der Waals surface area (Å²) >= 11 is 0. The number of benzene rings is 1. The van der Waals surface area contributed by atoms with Gasteiger partial charge in [0.1, 0.15) is 5.82 Å². The van der Waals surface area contributed by atoms with Crippen LogP contribution in [0.25, 0.3) is 0 Å². The monoisotopic (exact) mass is 226 g/mol. The van der Waals surface area contributed by atoms with Crippen LogP contribution in [-0.4, -0.2) is 29.7 Å². The highest BCUT2D eigenvalue weighted by atomic mass is 19.1. The van der Waals surface area contributed by atoms with Crippen LogP contribution in [-0.2, 0) is 13.1 Å². The maximum absolute atomic E-state index is 13.2. The Bertz CT molecular complexity index is 342. The average Bonchev–Trinajstić information content (AvgIpc) is 2.14. The number of hydrogen-bond acceptors (Lipinski definition) is 3. The molecule has 16 heavy (non-hydrogen) atoms. The fourth-order valence-corrected chi connectivity index (χ4v) is 1.75. The highest BCUT2D eigenvalue weighted by Crippen LogP contribution is 2.11. The summed E-state index contributed by atoms with van der Waals surface area (Å²) in [6.07, 6.45) is -0.382. The molecule has 0 spiro atoms. The minimum absolute atomic E-state index is 0.261. The van der Waals surface area contributed by atoms with E-state index in [-0.39, 0.29) is 11.9 Å². The number of likely N-dealkylation sites (N-methyl/N-ethyl adjacent to an activating group) is 1. The average molecular weight is 226 g/mol. The Hall–Kier alpha value is -0.970. The highest BCUT2D eigenvalue weighted by molar-refractivity contribution is 5.24. The number of aliphatic hydroxyl groups excluding tert-OH is 1. The zero-order chi connectivity index (χ0) is 12.1. The van der Waals surface area contributed by atoms with Crippen LogP contribution in [0, 0.1) is 5.82 Å². The Morgan fingerprint density at radius 1 is 1.38 bits per heavy atom. The lowest BCUT2D eigenvalue weighted by Gasteiger charge is -2.18. The van der Waals surface area contributed by atoms with Crippen molar-refractivity contribution in [2.45, 2.75) is 26.1 Å². The molecule has 0 aliphatic heterocycles. The van der Waals surface area contributed by atoms with Gasteiger partial charge in [-0.3, -0.25) is 4.90 Å². The molecule has 0 aliphatic carbocycles. The lowest BCUT2D eigenvalue weighted by Crippen LogP contribution is -2.26. The fraction of sp³-hybridized carbons (Fsp3) is 0.500. The first-order chi connectivity index (χ1) is 7.51. The summed E-state index contributed by atoms with van der Waals surface area (Å²) in [6, 6.07) is 4.83. The molecule has 0 amide bonds. The Balaban J connectivity index is 2.69. The quantitative estimate of drug-likeness (QED) is 0.790. The molecule has 0 aromatic heterocycles. The van der Waals surface area contributed by atoms with Crippen molar-refractivity contribution in [2.75, 3.05) is 13.6 Å². The smallest absolute Gasteiger partial charge is 0.123 e. The molecule has 0 bridgehead atoms. The Morgan fingerprint density at radius 2 is 2.00 bits per heavy atom. The van der Waals surface area contributed by atoms with E-state index in [1.807, 2.05) is 18.0 Å². The SMILES string of the molecule is CC(O)CN(C)Cc1cc(F)cc(CN)c1. The van der Waals surface area contributed by atoms with E-state index in [0.717, 1.165) is 11.1 Å². The highest BCUT2D eigenvalue weighted by Gasteiger charge is 2.06. The zero-order valence-corrected chi connectivity index (χ0v) is 9.78. The standard InChI is InChI=1S/C12H19FN2O/c1-9(16)7-15(2)8-11-3-10(6-14)4-12(13)5-11/h3-5,9,16H,6-8,14H2,1-2H3. The molecule has 0 radical (unpaired) electrons. The summed E-state index contributed by atoms with van der Waals surface area (Å²) in [5.41, 5.74) is 7.15. The van der Waals surface area contributed by atoms with Gasteiger partial charge in [0.2, 0.25) is 0 Å². The van der Waals surface area contributed by atoms with Crippen molar-refractivity contribution >= 4 is 0 Å². The number of nitrogens with zero attached hydrogens (tertiary/aromatic N) is 1. The van der Waals surface area contributed by atoms with Crippen molar-refractivity contribution in [3.8, 4) is 0 Å². The van der Waals surface area contributed by atoms with Gasteiger partial charge in [-0.15, -0.1) is 0 Å². The second kappa shape index (κ2) is 5.94. The molecule has 0 saturated heterocycles. The summed E-state index contributed by atoms with van der Waals surface area (Å²) < 4.78 is 13.2. The number of hydrogen-bond donors (Lipinski definition) is 2.